The van der Waals surface area contributed by atoms with Crippen LogP contribution in [0.2, 0.25) is 0 Å². The van der Waals surface area contributed by atoms with Crippen LogP contribution in [-0.2, 0) is 16.0 Å². The van der Waals surface area contributed by atoms with E-state index in [9.17, 15) is 9.59 Å². The number of amides is 2. The molecule has 1 heterocycles. The third kappa shape index (κ3) is 3.01. The molecule has 1 aromatic rings. The Morgan fingerprint density at radius 3 is 2.76 bits per heavy atom. The van der Waals surface area contributed by atoms with Crippen molar-refractivity contribution in [2.75, 3.05) is 20.2 Å². The van der Waals surface area contributed by atoms with Gasteiger partial charge in [-0.05, 0) is 36.8 Å². The lowest BCUT2D eigenvalue weighted by molar-refractivity contribution is -0.144. The first kappa shape index (κ1) is 13.9. The molecule has 1 saturated heterocycles. The van der Waals surface area contributed by atoms with Gasteiger partial charge in [0.1, 0.15) is 11.8 Å². The Hall–Kier alpha value is -2.04. The van der Waals surface area contributed by atoms with Crippen molar-refractivity contribution in [2.24, 2.45) is 5.92 Å². The second-order valence-electron chi connectivity index (χ2n) is 5.70. The molecule has 1 unspecified atom stereocenters. The van der Waals surface area contributed by atoms with Crippen LogP contribution in [0.3, 0.4) is 0 Å². The molecule has 21 heavy (non-hydrogen) atoms. The lowest BCUT2D eigenvalue weighted by atomic mass is 10.1. The summed E-state index contributed by atoms with van der Waals surface area (Å²) in [5.74, 6) is 1.18. The van der Waals surface area contributed by atoms with E-state index in [0.29, 0.717) is 18.9 Å². The molecule has 0 spiro atoms. The van der Waals surface area contributed by atoms with Gasteiger partial charge in [-0.15, -0.1) is 0 Å². The van der Waals surface area contributed by atoms with Crippen LogP contribution < -0.4 is 10.1 Å². The monoisotopic (exact) mass is 288 g/mol. The number of hydrogen-bond acceptors (Lipinski definition) is 3. The predicted octanol–water partition coefficient (Wildman–Crippen LogP) is 0.975. The summed E-state index contributed by atoms with van der Waals surface area (Å²) in [6, 6.07) is 7.48. The highest BCUT2D eigenvalue weighted by molar-refractivity contribution is 5.95. The average molecular weight is 288 g/mol. The SMILES string of the molecule is COc1ccccc1CCN1CC(=O)NC(C2CC2)C1=O. The standard InChI is InChI=1S/C16H20N2O3/c1-21-13-5-3-2-4-11(13)8-9-18-10-14(19)17-15(16(18)20)12-6-7-12/h2-5,12,15H,6-10H2,1H3,(H,17,19). The minimum Gasteiger partial charge on any atom is -0.496 e. The maximum absolute atomic E-state index is 12.4. The molecule has 1 aromatic carbocycles. The molecule has 112 valence electrons. The summed E-state index contributed by atoms with van der Waals surface area (Å²) in [5, 5.41) is 2.82. The van der Waals surface area contributed by atoms with Gasteiger partial charge in [-0.25, -0.2) is 0 Å². The van der Waals surface area contributed by atoms with Gasteiger partial charge in [-0.1, -0.05) is 18.2 Å². The normalized spacial score (nSPS) is 22.1. The second-order valence-corrected chi connectivity index (χ2v) is 5.70. The summed E-state index contributed by atoms with van der Waals surface area (Å²) in [6.45, 7) is 0.715. The van der Waals surface area contributed by atoms with Crippen LogP contribution in [0.15, 0.2) is 24.3 Å². The Morgan fingerprint density at radius 2 is 2.05 bits per heavy atom. The quantitative estimate of drug-likeness (QED) is 0.878. The first-order valence-corrected chi connectivity index (χ1v) is 7.39. The van der Waals surface area contributed by atoms with Crippen molar-refractivity contribution in [1.29, 1.82) is 0 Å². The van der Waals surface area contributed by atoms with Crippen molar-refractivity contribution in [3.8, 4) is 5.75 Å². The van der Waals surface area contributed by atoms with Crippen LogP contribution in [0.25, 0.3) is 0 Å². The van der Waals surface area contributed by atoms with Crippen molar-refractivity contribution in [2.45, 2.75) is 25.3 Å². The molecule has 2 fully saturated rings. The highest BCUT2D eigenvalue weighted by Gasteiger charge is 2.42. The molecule has 0 aromatic heterocycles. The van der Waals surface area contributed by atoms with E-state index in [1.807, 2.05) is 24.3 Å². The number of benzene rings is 1. The van der Waals surface area contributed by atoms with Crippen molar-refractivity contribution < 1.29 is 14.3 Å². The van der Waals surface area contributed by atoms with Crippen LogP contribution in [-0.4, -0.2) is 43.0 Å². The average Bonchev–Trinajstić information content (AvgIpc) is 3.32. The fourth-order valence-corrected chi connectivity index (χ4v) is 2.83. The van der Waals surface area contributed by atoms with Crippen molar-refractivity contribution >= 4 is 11.8 Å². The van der Waals surface area contributed by atoms with Crippen molar-refractivity contribution in [3.05, 3.63) is 29.8 Å². The molecule has 1 saturated carbocycles. The van der Waals surface area contributed by atoms with Gasteiger partial charge < -0.3 is 15.0 Å². The van der Waals surface area contributed by atoms with Gasteiger partial charge in [0, 0.05) is 6.54 Å². The molecule has 1 aliphatic heterocycles. The maximum Gasteiger partial charge on any atom is 0.245 e. The summed E-state index contributed by atoms with van der Waals surface area (Å²) in [4.78, 5) is 25.8. The minimum atomic E-state index is -0.302. The lowest BCUT2D eigenvalue weighted by Gasteiger charge is -2.32. The molecule has 1 N–H and O–H groups in total. The molecule has 1 aliphatic carbocycles. The maximum atomic E-state index is 12.4. The molecule has 2 amide bonds. The van der Waals surface area contributed by atoms with Gasteiger partial charge in [0.25, 0.3) is 0 Å². The first-order valence-electron chi connectivity index (χ1n) is 7.39. The minimum absolute atomic E-state index is 0.0495. The Balaban J connectivity index is 1.66. The first-order chi connectivity index (χ1) is 10.2. The number of ether oxygens (including phenoxy) is 1. The van der Waals surface area contributed by atoms with Gasteiger partial charge in [0.05, 0.1) is 13.7 Å². The largest absolute Gasteiger partial charge is 0.496 e. The molecule has 5 heteroatoms. The molecular weight excluding hydrogens is 268 g/mol. The van der Waals surface area contributed by atoms with E-state index in [4.69, 9.17) is 4.74 Å². The number of piperazine rings is 1. The summed E-state index contributed by atoms with van der Waals surface area (Å²) in [7, 11) is 1.64. The molecule has 1 atom stereocenters. The van der Waals surface area contributed by atoms with E-state index in [1.54, 1.807) is 12.0 Å². The fraction of sp³-hybridized carbons (Fsp3) is 0.500. The zero-order chi connectivity index (χ0) is 14.8. The highest BCUT2D eigenvalue weighted by atomic mass is 16.5. The number of nitrogens with zero attached hydrogens (tertiary/aromatic N) is 1. The van der Waals surface area contributed by atoms with E-state index in [1.165, 1.54) is 0 Å². The topological polar surface area (TPSA) is 58.6 Å². The number of hydrogen-bond donors (Lipinski definition) is 1. The summed E-state index contributed by atoms with van der Waals surface area (Å²) in [5.41, 5.74) is 1.06. The number of nitrogens with one attached hydrogen (secondary N) is 1. The van der Waals surface area contributed by atoms with E-state index >= 15 is 0 Å². The summed E-state index contributed by atoms with van der Waals surface area (Å²) >= 11 is 0. The zero-order valence-corrected chi connectivity index (χ0v) is 12.2. The third-order valence-electron chi connectivity index (χ3n) is 4.17. The van der Waals surface area contributed by atoms with Gasteiger partial charge >= 0.3 is 0 Å². The van der Waals surface area contributed by atoms with Crippen LogP contribution in [0.5, 0.6) is 5.75 Å². The van der Waals surface area contributed by atoms with Gasteiger partial charge in [0.15, 0.2) is 0 Å². The zero-order valence-electron chi connectivity index (χ0n) is 12.2. The third-order valence-corrected chi connectivity index (χ3v) is 4.17. The van der Waals surface area contributed by atoms with E-state index in [-0.39, 0.29) is 24.4 Å². The van der Waals surface area contributed by atoms with E-state index < -0.39 is 0 Å². The number of methoxy groups -OCH3 is 1. The summed E-state index contributed by atoms with van der Waals surface area (Å²) < 4.78 is 5.32. The highest BCUT2D eigenvalue weighted by Crippen LogP contribution is 2.34. The molecule has 2 aliphatic rings. The number of rotatable bonds is 5. The van der Waals surface area contributed by atoms with E-state index in [0.717, 1.165) is 24.2 Å². The Labute approximate surface area is 124 Å². The van der Waals surface area contributed by atoms with Gasteiger partial charge in [-0.2, -0.15) is 0 Å². The lowest BCUT2D eigenvalue weighted by Crippen LogP contribution is -2.59. The van der Waals surface area contributed by atoms with Crippen LogP contribution >= 0.6 is 0 Å². The molecule has 3 rings (SSSR count). The fourth-order valence-electron chi connectivity index (χ4n) is 2.83. The number of para-hydroxylation sites is 1. The van der Waals surface area contributed by atoms with Crippen LogP contribution in [0.4, 0.5) is 0 Å². The predicted molar refractivity (Wildman–Crippen MR) is 77.9 cm³/mol. The van der Waals surface area contributed by atoms with Crippen molar-refractivity contribution in [3.63, 3.8) is 0 Å². The molecule has 0 bridgehead atoms. The Bertz CT molecular complexity index is 554. The Morgan fingerprint density at radius 1 is 1.29 bits per heavy atom. The number of carbonyl (C=O) groups excluding carboxylic acids is 2. The van der Waals surface area contributed by atoms with Crippen LogP contribution in [0, 0.1) is 5.92 Å². The Kier molecular flexibility index (Phi) is 3.82. The van der Waals surface area contributed by atoms with E-state index in [2.05, 4.69) is 5.32 Å². The molecule has 5 nitrogen and oxygen atoms in total. The van der Waals surface area contributed by atoms with Gasteiger partial charge in [-0.3, -0.25) is 9.59 Å². The number of carbonyl (C=O) groups is 2. The molecular formula is C16H20N2O3. The van der Waals surface area contributed by atoms with Crippen LogP contribution in [0.1, 0.15) is 18.4 Å². The second kappa shape index (κ2) is 5.76. The smallest absolute Gasteiger partial charge is 0.245 e. The van der Waals surface area contributed by atoms with Gasteiger partial charge in [0.2, 0.25) is 11.8 Å². The summed E-state index contributed by atoms with van der Waals surface area (Å²) in [6.07, 6.45) is 2.77. The molecule has 0 radical (unpaired) electrons. The van der Waals surface area contributed by atoms with Crippen molar-refractivity contribution in [1.82, 2.24) is 10.2 Å².